The number of carbonyl (C=O) groups is 5. The molecular formula is C48H73NO13. The third-order valence-electron chi connectivity index (χ3n) is 13.7. The van der Waals surface area contributed by atoms with Crippen molar-refractivity contribution < 1.29 is 63.7 Å². The van der Waals surface area contributed by atoms with Crippen LogP contribution < -0.4 is 0 Å². The molecule has 2 saturated heterocycles. The summed E-state index contributed by atoms with van der Waals surface area (Å²) in [7, 11) is 1.56. The summed E-state index contributed by atoms with van der Waals surface area (Å²) in [6.45, 7) is 12.2. The van der Waals surface area contributed by atoms with Gasteiger partial charge in [-0.15, -0.1) is 0 Å². The van der Waals surface area contributed by atoms with Crippen molar-refractivity contribution in [2.75, 3.05) is 13.7 Å². The summed E-state index contributed by atoms with van der Waals surface area (Å²) in [5, 5.41) is 54.3. The van der Waals surface area contributed by atoms with Crippen LogP contribution in [0, 0.1) is 35.5 Å². The van der Waals surface area contributed by atoms with E-state index in [1.54, 1.807) is 27.9 Å². The number of cyclic esters (lactones) is 1. The van der Waals surface area contributed by atoms with E-state index in [1.165, 1.54) is 13.0 Å². The number of amides is 1. The van der Waals surface area contributed by atoms with Gasteiger partial charge in [0.1, 0.15) is 30.1 Å². The molecule has 0 aromatic carbocycles. The number of ether oxygens (including phenoxy) is 3. The lowest BCUT2D eigenvalue weighted by atomic mass is 9.78. The van der Waals surface area contributed by atoms with Gasteiger partial charge in [-0.05, 0) is 101 Å². The maximum atomic E-state index is 14.1. The molecule has 4 aliphatic rings. The average molecular weight is 872 g/mol. The quantitative estimate of drug-likeness (QED) is 0.150. The van der Waals surface area contributed by atoms with Crippen LogP contribution in [0.1, 0.15) is 119 Å². The molecule has 3 aliphatic heterocycles. The molecule has 14 nitrogen and oxygen atoms in total. The fourth-order valence-corrected chi connectivity index (χ4v) is 9.49. The predicted octanol–water partition coefficient (Wildman–Crippen LogP) is 4.48. The minimum absolute atomic E-state index is 0.0258. The van der Waals surface area contributed by atoms with Crippen molar-refractivity contribution in [1.82, 2.24) is 4.90 Å². The number of hydrogen-bond donors (Lipinski definition) is 5. The topological polar surface area (TPSA) is 217 Å². The van der Waals surface area contributed by atoms with Crippen LogP contribution in [0.25, 0.3) is 0 Å². The summed E-state index contributed by atoms with van der Waals surface area (Å²) in [6.07, 6.45) is 7.58. The number of allylic oxidation sites excluding steroid dienone is 6. The average Bonchev–Trinajstić information content (AvgIpc) is 3.73. The van der Waals surface area contributed by atoms with Crippen molar-refractivity contribution in [2.24, 2.45) is 35.5 Å². The first-order valence-electron chi connectivity index (χ1n) is 22.7. The standard InChI is InChI=1S/C48H73NO13/c1-27-13-10-9-11-14-28(2)40(60-8)25-35-18-16-33(7)48(59,62-35)45(56)46(57)49-20-12-15-36(49)47(58)61-41(30(4)23-34-17-19-37(50)39(52)24-34)26-38(51)29(3)22-32(6)43(54)44(55)42(53)31(5)21-27/h9-11,13-14,22,27,29-31,33-37,39-41,43-44,50,52,54-55,59H,12,15-21,23-26H2,1-8H3/b11-9+,13-10+,28-14+,32-22+/t27-,29-,30-,31-,33-,34+,35+,36?,37-,39-,40+,41+,43-,44+,48-/m1/s1. The molecule has 15 atom stereocenters. The van der Waals surface area contributed by atoms with Crippen molar-refractivity contribution >= 4 is 29.2 Å². The van der Waals surface area contributed by atoms with E-state index in [0.717, 1.165) is 10.5 Å². The number of aliphatic hydroxyl groups is 5. The Kier molecular flexibility index (Phi) is 19.0. The van der Waals surface area contributed by atoms with Gasteiger partial charge in [0.15, 0.2) is 5.78 Å². The molecule has 1 saturated carbocycles. The zero-order valence-corrected chi connectivity index (χ0v) is 38.0. The van der Waals surface area contributed by atoms with Gasteiger partial charge in [-0.1, -0.05) is 71.1 Å². The lowest BCUT2D eigenvalue weighted by Gasteiger charge is -2.41. The van der Waals surface area contributed by atoms with Crippen molar-refractivity contribution in [1.29, 1.82) is 0 Å². The van der Waals surface area contributed by atoms with Gasteiger partial charge in [0.25, 0.3) is 11.7 Å². The molecule has 1 aliphatic carbocycles. The van der Waals surface area contributed by atoms with Crippen molar-refractivity contribution in [3.05, 3.63) is 47.6 Å². The Morgan fingerprint density at radius 3 is 2.24 bits per heavy atom. The van der Waals surface area contributed by atoms with Gasteiger partial charge < -0.3 is 44.6 Å². The summed E-state index contributed by atoms with van der Waals surface area (Å²) in [5.41, 5.74) is 1.08. The summed E-state index contributed by atoms with van der Waals surface area (Å²) in [6, 6.07) is -1.16. The molecule has 0 aromatic heterocycles. The number of methoxy groups -OCH3 is 1. The molecule has 3 fully saturated rings. The van der Waals surface area contributed by atoms with Crippen LogP contribution >= 0.6 is 0 Å². The second-order valence-corrected chi connectivity index (χ2v) is 18.8. The largest absolute Gasteiger partial charge is 0.460 e. The molecule has 0 spiro atoms. The van der Waals surface area contributed by atoms with Crippen molar-refractivity contribution in [2.45, 2.75) is 174 Å². The number of aliphatic hydroxyl groups excluding tert-OH is 4. The first-order valence-corrected chi connectivity index (χ1v) is 22.7. The minimum atomic E-state index is -2.44. The van der Waals surface area contributed by atoms with Crippen molar-refractivity contribution in [3.8, 4) is 0 Å². The van der Waals surface area contributed by atoms with Crippen LogP contribution in [-0.4, -0.2) is 128 Å². The number of esters is 1. The van der Waals surface area contributed by atoms with E-state index in [2.05, 4.69) is 0 Å². The van der Waals surface area contributed by atoms with Crippen LogP contribution in [0.2, 0.25) is 0 Å². The smallest absolute Gasteiger partial charge is 0.329 e. The van der Waals surface area contributed by atoms with Crippen LogP contribution in [0.3, 0.4) is 0 Å². The SMILES string of the molecule is CO[C@H]1C[C@@H]2CC[C@@H](C)[C@@](O)(O2)C(=O)C(=O)N2CCCC2C(=O)O[C@H]([C@H](C)C[C@@H]2CC[C@@H](O)[C@H](O)C2)CC(=O)[C@H](C)/C=C(\C)[C@@H](O)[C@@H](O)C(=O)[C@H](C)C[C@H](C)/C=C/C=C/C=C/1C. The Hall–Kier alpha value is -3.37. The number of nitrogens with zero attached hydrogens (tertiary/aromatic N) is 1. The van der Waals surface area contributed by atoms with E-state index in [-0.39, 0.29) is 42.6 Å². The zero-order valence-electron chi connectivity index (χ0n) is 38.0. The highest BCUT2D eigenvalue weighted by Crippen LogP contribution is 2.37. The number of ketones is 3. The van der Waals surface area contributed by atoms with Gasteiger partial charge in [0, 0.05) is 44.2 Å². The lowest BCUT2D eigenvalue weighted by Crippen LogP contribution is -2.59. The molecule has 4 rings (SSSR count). The fourth-order valence-electron chi connectivity index (χ4n) is 9.49. The van der Waals surface area contributed by atoms with E-state index >= 15 is 0 Å². The number of Topliss-reactive ketones (excluding diaryl/α,β-unsaturated/α-hetero) is 3. The van der Waals surface area contributed by atoms with Gasteiger partial charge in [0.05, 0.1) is 24.4 Å². The molecule has 62 heavy (non-hydrogen) atoms. The van der Waals surface area contributed by atoms with Crippen LogP contribution in [0.4, 0.5) is 0 Å². The molecule has 1 amide bonds. The molecule has 0 aromatic rings. The maximum absolute atomic E-state index is 14.1. The highest BCUT2D eigenvalue weighted by atomic mass is 16.6. The number of fused-ring (bicyclic) bond motifs is 3. The number of hydrogen-bond acceptors (Lipinski definition) is 13. The Morgan fingerprint density at radius 1 is 0.855 bits per heavy atom. The zero-order chi connectivity index (χ0) is 46.1. The van der Waals surface area contributed by atoms with Crippen LogP contribution in [0.15, 0.2) is 47.6 Å². The Labute approximate surface area is 367 Å². The molecular weight excluding hydrogens is 799 g/mol. The van der Waals surface area contributed by atoms with E-state index in [9.17, 15) is 49.5 Å². The van der Waals surface area contributed by atoms with E-state index in [4.69, 9.17) is 14.2 Å². The molecule has 1 unspecified atom stereocenters. The number of rotatable bonds is 4. The van der Waals surface area contributed by atoms with Gasteiger partial charge in [-0.25, -0.2) is 4.79 Å². The van der Waals surface area contributed by atoms with Crippen LogP contribution in [0.5, 0.6) is 0 Å². The molecule has 14 heteroatoms. The summed E-state index contributed by atoms with van der Waals surface area (Å²) in [5.74, 6) is -8.92. The van der Waals surface area contributed by atoms with Gasteiger partial charge in [-0.3, -0.25) is 19.2 Å². The highest BCUT2D eigenvalue weighted by Gasteiger charge is 2.53. The first-order chi connectivity index (χ1) is 29.2. The molecule has 0 radical (unpaired) electrons. The molecule has 2 bridgehead atoms. The monoisotopic (exact) mass is 872 g/mol. The summed E-state index contributed by atoms with van der Waals surface area (Å²) >= 11 is 0. The summed E-state index contributed by atoms with van der Waals surface area (Å²) in [4.78, 5) is 70.4. The van der Waals surface area contributed by atoms with E-state index in [1.807, 2.05) is 51.2 Å². The Morgan fingerprint density at radius 2 is 1.56 bits per heavy atom. The lowest BCUT2D eigenvalue weighted by molar-refractivity contribution is -0.265. The number of carbonyl (C=O) groups excluding carboxylic acids is 5. The minimum Gasteiger partial charge on any atom is -0.460 e. The maximum Gasteiger partial charge on any atom is 0.329 e. The van der Waals surface area contributed by atoms with Gasteiger partial charge in [0.2, 0.25) is 5.79 Å². The predicted molar refractivity (Wildman–Crippen MR) is 231 cm³/mol. The third-order valence-corrected chi connectivity index (χ3v) is 13.7. The molecule has 5 N–H and O–H groups in total. The van der Waals surface area contributed by atoms with Crippen molar-refractivity contribution in [3.63, 3.8) is 0 Å². The van der Waals surface area contributed by atoms with Gasteiger partial charge in [-0.2, -0.15) is 0 Å². The fraction of sp³-hybridized carbons (Fsp3) is 0.729. The van der Waals surface area contributed by atoms with E-state index in [0.29, 0.717) is 57.8 Å². The Bertz CT molecular complexity index is 1700. The molecule has 3 heterocycles. The second-order valence-electron chi connectivity index (χ2n) is 18.8. The first kappa shape index (κ1) is 51.3. The van der Waals surface area contributed by atoms with Crippen LogP contribution in [-0.2, 0) is 38.2 Å². The molecule has 348 valence electrons. The second kappa shape index (κ2) is 23.0. The highest BCUT2D eigenvalue weighted by molar-refractivity contribution is 6.39. The Balaban J connectivity index is 1.66. The van der Waals surface area contributed by atoms with E-state index < -0.39 is 102 Å². The summed E-state index contributed by atoms with van der Waals surface area (Å²) < 4.78 is 18.0. The normalized spacial score (nSPS) is 41.6. The third kappa shape index (κ3) is 13.1. The van der Waals surface area contributed by atoms with Gasteiger partial charge >= 0.3 is 5.97 Å².